The third-order valence-electron chi connectivity index (χ3n) is 4.88. The maximum Gasteiger partial charge on any atom is 0.00699 e. The molecule has 0 bridgehead atoms. The molecular weight excluding hydrogens is 304 g/mol. The van der Waals surface area contributed by atoms with Crippen LogP contribution < -0.4 is 5.32 Å². The van der Waals surface area contributed by atoms with Crippen molar-refractivity contribution in [2.75, 3.05) is 33.7 Å². The first-order valence-electron chi connectivity index (χ1n) is 9.55. The zero-order chi connectivity index (χ0) is 18.0. The predicted octanol–water partition coefficient (Wildman–Crippen LogP) is 4.51. The Kier molecular flexibility index (Phi) is 8.17. The number of aryl methyl sites for hydroxylation is 1. The van der Waals surface area contributed by atoms with Gasteiger partial charge in [-0.2, -0.15) is 0 Å². The molecule has 2 aromatic carbocycles. The fourth-order valence-electron chi connectivity index (χ4n) is 3.64. The maximum absolute atomic E-state index is 3.62. The smallest absolute Gasteiger partial charge is 0.00699 e. The lowest BCUT2D eigenvalue weighted by atomic mass is 9.78. The fourth-order valence-corrected chi connectivity index (χ4v) is 3.64. The number of nitrogens with one attached hydrogen (secondary N) is 1. The molecule has 0 radical (unpaired) electrons. The molecule has 0 saturated heterocycles. The second kappa shape index (κ2) is 10.4. The Labute approximate surface area is 154 Å². The first-order valence-corrected chi connectivity index (χ1v) is 9.55. The molecule has 25 heavy (non-hydrogen) atoms. The van der Waals surface area contributed by atoms with Gasteiger partial charge in [0.25, 0.3) is 0 Å². The molecule has 0 fully saturated rings. The van der Waals surface area contributed by atoms with Gasteiger partial charge in [0.05, 0.1) is 0 Å². The Morgan fingerprint density at radius 2 is 1.44 bits per heavy atom. The maximum atomic E-state index is 3.62. The molecule has 0 saturated carbocycles. The lowest BCUT2D eigenvalue weighted by Gasteiger charge is -2.33. The molecule has 1 N–H and O–H groups in total. The zero-order valence-electron chi connectivity index (χ0n) is 16.2. The van der Waals surface area contributed by atoms with Gasteiger partial charge in [-0.05, 0) is 64.0 Å². The summed E-state index contributed by atoms with van der Waals surface area (Å²) in [4.78, 5) is 2.31. The van der Waals surface area contributed by atoms with Crippen molar-refractivity contribution in [1.82, 2.24) is 10.2 Å². The quantitative estimate of drug-likeness (QED) is 0.607. The van der Waals surface area contributed by atoms with E-state index in [2.05, 4.69) is 91.9 Å². The van der Waals surface area contributed by atoms with Crippen molar-refractivity contribution in [2.24, 2.45) is 0 Å². The van der Waals surface area contributed by atoms with Crippen LogP contribution in [0, 0.1) is 0 Å². The van der Waals surface area contributed by atoms with Crippen LogP contribution in [0.25, 0.3) is 0 Å². The van der Waals surface area contributed by atoms with E-state index >= 15 is 0 Å². The van der Waals surface area contributed by atoms with E-state index in [0.29, 0.717) is 0 Å². The van der Waals surface area contributed by atoms with Crippen LogP contribution in [-0.2, 0) is 11.8 Å². The van der Waals surface area contributed by atoms with Gasteiger partial charge in [0.2, 0.25) is 0 Å². The summed E-state index contributed by atoms with van der Waals surface area (Å²) in [6.45, 7) is 5.69. The standard InChI is InChI=1S/C23H34N2/c1-23(20-25(2)3,22-15-8-5-9-16-22)17-11-19-24-18-10-14-21-12-6-4-7-13-21/h4-9,12-13,15-16,24H,10-11,14,17-20H2,1-3H3. The van der Waals surface area contributed by atoms with Crippen LogP contribution in [0.4, 0.5) is 0 Å². The lowest BCUT2D eigenvalue weighted by Crippen LogP contribution is -2.35. The van der Waals surface area contributed by atoms with E-state index in [-0.39, 0.29) is 5.41 Å². The predicted molar refractivity (Wildman–Crippen MR) is 109 cm³/mol. The molecule has 0 heterocycles. The average Bonchev–Trinajstić information content (AvgIpc) is 2.62. The Morgan fingerprint density at radius 1 is 0.840 bits per heavy atom. The molecule has 0 aliphatic heterocycles. The lowest BCUT2D eigenvalue weighted by molar-refractivity contribution is 0.278. The van der Waals surface area contributed by atoms with E-state index in [1.54, 1.807) is 0 Å². The molecular formula is C23H34N2. The van der Waals surface area contributed by atoms with Gasteiger partial charge in [0.15, 0.2) is 0 Å². The number of hydrogen-bond donors (Lipinski definition) is 1. The van der Waals surface area contributed by atoms with Crippen LogP contribution in [0.1, 0.15) is 37.3 Å². The minimum atomic E-state index is 0.219. The number of rotatable bonds is 11. The summed E-state index contributed by atoms with van der Waals surface area (Å²) in [6, 6.07) is 21.7. The molecule has 0 aliphatic carbocycles. The fraction of sp³-hybridized carbons (Fsp3) is 0.478. The van der Waals surface area contributed by atoms with E-state index in [0.717, 1.165) is 26.1 Å². The number of hydrogen-bond acceptors (Lipinski definition) is 2. The third kappa shape index (κ3) is 7.01. The van der Waals surface area contributed by atoms with E-state index < -0.39 is 0 Å². The van der Waals surface area contributed by atoms with Gasteiger partial charge in [0.1, 0.15) is 0 Å². The summed E-state index contributed by atoms with van der Waals surface area (Å²) >= 11 is 0. The van der Waals surface area contributed by atoms with Crippen molar-refractivity contribution in [3.63, 3.8) is 0 Å². The van der Waals surface area contributed by atoms with Gasteiger partial charge < -0.3 is 10.2 Å². The average molecular weight is 339 g/mol. The van der Waals surface area contributed by atoms with Crippen molar-refractivity contribution in [3.8, 4) is 0 Å². The van der Waals surface area contributed by atoms with E-state index in [9.17, 15) is 0 Å². The highest BCUT2D eigenvalue weighted by molar-refractivity contribution is 5.25. The third-order valence-corrected chi connectivity index (χ3v) is 4.88. The second-order valence-corrected chi connectivity index (χ2v) is 7.61. The normalized spacial score (nSPS) is 13.8. The molecule has 0 spiro atoms. The van der Waals surface area contributed by atoms with Gasteiger partial charge in [-0.15, -0.1) is 0 Å². The van der Waals surface area contributed by atoms with Crippen molar-refractivity contribution >= 4 is 0 Å². The topological polar surface area (TPSA) is 15.3 Å². The number of likely N-dealkylation sites (N-methyl/N-ethyl adjacent to an activating group) is 1. The van der Waals surface area contributed by atoms with E-state index in [1.165, 1.54) is 30.4 Å². The van der Waals surface area contributed by atoms with Crippen LogP contribution >= 0.6 is 0 Å². The summed E-state index contributed by atoms with van der Waals surface area (Å²) in [5, 5.41) is 3.62. The molecule has 1 unspecified atom stereocenters. The summed E-state index contributed by atoms with van der Waals surface area (Å²) in [5.41, 5.74) is 3.11. The van der Waals surface area contributed by atoms with Crippen LogP contribution in [-0.4, -0.2) is 38.6 Å². The summed E-state index contributed by atoms with van der Waals surface area (Å²) in [5.74, 6) is 0. The van der Waals surface area contributed by atoms with Gasteiger partial charge >= 0.3 is 0 Å². The Hall–Kier alpha value is -1.64. The summed E-state index contributed by atoms with van der Waals surface area (Å²) < 4.78 is 0. The molecule has 1 atom stereocenters. The monoisotopic (exact) mass is 338 g/mol. The van der Waals surface area contributed by atoms with Gasteiger partial charge in [-0.25, -0.2) is 0 Å². The Morgan fingerprint density at radius 3 is 2.08 bits per heavy atom. The first-order chi connectivity index (χ1) is 12.1. The van der Waals surface area contributed by atoms with Crippen LogP contribution in [0.15, 0.2) is 60.7 Å². The highest BCUT2D eigenvalue weighted by Crippen LogP contribution is 2.29. The van der Waals surface area contributed by atoms with Crippen LogP contribution in [0.5, 0.6) is 0 Å². The molecule has 2 heteroatoms. The highest BCUT2D eigenvalue weighted by atomic mass is 15.1. The number of benzene rings is 2. The summed E-state index contributed by atoms with van der Waals surface area (Å²) in [6.07, 6.45) is 4.79. The molecule has 2 aromatic rings. The minimum absolute atomic E-state index is 0.219. The van der Waals surface area contributed by atoms with Gasteiger partial charge in [0, 0.05) is 12.0 Å². The second-order valence-electron chi connectivity index (χ2n) is 7.61. The SMILES string of the molecule is CN(C)CC(C)(CCCNCCCc1ccccc1)c1ccccc1. The van der Waals surface area contributed by atoms with Crippen LogP contribution in [0.2, 0.25) is 0 Å². The minimum Gasteiger partial charge on any atom is -0.317 e. The molecule has 136 valence electrons. The summed E-state index contributed by atoms with van der Waals surface area (Å²) in [7, 11) is 4.34. The number of nitrogens with zero attached hydrogens (tertiary/aromatic N) is 1. The van der Waals surface area contributed by atoms with E-state index in [1.807, 2.05) is 0 Å². The largest absolute Gasteiger partial charge is 0.317 e. The van der Waals surface area contributed by atoms with E-state index in [4.69, 9.17) is 0 Å². The van der Waals surface area contributed by atoms with Crippen molar-refractivity contribution in [2.45, 2.75) is 38.0 Å². The Balaban J connectivity index is 1.70. The molecule has 2 rings (SSSR count). The van der Waals surface area contributed by atoms with Crippen LogP contribution in [0.3, 0.4) is 0 Å². The molecule has 0 aromatic heterocycles. The zero-order valence-corrected chi connectivity index (χ0v) is 16.2. The Bertz CT molecular complexity index is 580. The van der Waals surface area contributed by atoms with Crippen molar-refractivity contribution < 1.29 is 0 Å². The first kappa shape index (κ1) is 19.7. The molecule has 0 amide bonds. The molecule has 0 aliphatic rings. The van der Waals surface area contributed by atoms with Gasteiger partial charge in [-0.3, -0.25) is 0 Å². The molecule has 2 nitrogen and oxygen atoms in total. The highest BCUT2D eigenvalue weighted by Gasteiger charge is 2.26. The van der Waals surface area contributed by atoms with Crippen molar-refractivity contribution in [1.29, 1.82) is 0 Å². The van der Waals surface area contributed by atoms with Gasteiger partial charge in [-0.1, -0.05) is 67.6 Å². The van der Waals surface area contributed by atoms with Crippen molar-refractivity contribution in [3.05, 3.63) is 71.8 Å².